The molecule has 21 heteroatoms. The van der Waals surface area contributed by atoms with Crippen molar-refractivity contribution in [2.75, 3.05) is 57.2 Å². The van der Waals surface area contributed by atoms with Gasteiger partial charge in [0.15, 0.2) is 0 Å². The van der Waals surface area contributed by atoms with E-state index in [1.807, 2.05) is 83.0 Å². The number of esters is 2. The summed E-state index contributed by atoms with van der Waals surface area (Å²) in [4.78, 5) is 40.7. The summed E-state index contributed by atoms with van der Waals surface area (Å²) in [5.41, 5.74) is 7.57. The van der Waals surface area contributed by atoms with Gasteiger partial charge in [-0.1, -0.05) is 12.1 Å². The van der Waals surface area contributed by atoms with Crippen molar-refractivity contribution in [3.05, 3.63) is 91.3 Å². The molecule has 0 amide bonds. The van der Waals surface area contributed by atoms with E-state index in [0.717, 1.165) is 97.0 Å². The highest BCUT2D eigenvalue weighted by atomic mass is 32.2. The number of ether oxygens (including phenoxy) is 4. The average molecular weight is 1050 g/mol. The lowest BCUT2D eigenvalue weighted by Crippen LogP contribution is -2.30. The van der Waals surface area contributed by atoms with E-state index in [2.05, 4.69) is 15.0 Å². The zero-order valence-electron chi connectivity index (χ0n) is 41.7. The van der Waals surface area contributed by atoms with Crippen LogP contribution in [0.4, 0.5) is 0 Å². The second-order valence-corrected chi connectivity index (χ2v) is 24.0. The molecule has 0 spiro atoms. The maximum atomic E-state index is 11.8. The van der Waals surface area contributed by atoms with Crippen LogP contribution in [0.15, 0.2) is 90.6 Å². The monoisotopic (exact) mass is 1050 g/mol. The van der Waals surface area contributed by atoms with Crippen LogP contribution in [0.1, 0.15) is 77.0 Å². The smallest absolute Gasteiger partial charge is 0.308 e. The van der Waals surface area contributed by atoms with Gasteiger partial charge >= 0.3 is 11.9 Å². The number of methoxy groups -OCH3 is 1. The van der Waals surface area contributed by atoms with E-state index in [9.17, 15) is 30.6 Å². The van der Waals surface area contributed by atoms with Crippen molar-refractivity contribution >= 4 is 64.2 Å². The predicted octanol–water partition coefficient (Wildman–Crippen LogP) is 6.79. The third kappa shape index (κ3) is 16.4. The van der Waals surface area contributed by atoms with Gasteiger partial charge in [0.2, 0.25) is 5.16 Å². The number of benzene rings is 2. The van der Waals surface area contributed by atoms with Crippen LogP contribution in [0.25, 0.3) is 33.4 Å². The number of fused-ring (bicyclic) bond motifs is 2. The zero-order valence-corrected chi connectivity index (χ0v) is 44.1. The fraction of sp³-hybridized carbons (Fsp3) is 0.490. The molecular weight excluding hydrogens is 983 g/mol. The highest BCUT2D eigenvalue weighted by Crippen LogP contribution is 2.33. The third-order valence-corrected chi connectivity index (χ3v) is 15.3. The number of rotatable bonds is 18. The summed E-state index contributed by atoms with van der Waals surface area (Å²) in [6, 6.07) is 19.3. The normalized spacial score (nSPS) is 18.5. The van der Waals surface area contributed by atoms with E-state index in [1.165, 1.54) is 25.9 Å². The van der Waals surface area contributed by atoms with E-state index in [0.29, 0.717) is 56.2 Å². The minimum Gasteiger partial charge on any atom is -0.493 e. The van der Waals surface area contributed by atoms with Gasteiger partial charge < -0.3 is 33.8 Å². The molecule has 0 aliphatic heterocycles. The zero-order chi connectivity index (χ0) is 51.8. The Morgan fingerprint density at radius 2 is 1.19 bits per heavy atom. The van der Waals surface area contributed by atoms with Gasteiger partial charge in [-0.3, -0.25) is 13.8 Å². The van der Waals surface area contributed by atoms with Crippen molar-refractivity contribution in [1.29, 1.82) is 0 Å². The molecule has 2 N–H and O–H groups in total. The summed E-state index contributed by atoms with van der Waals surface area (Å²) in [7, 11) is -5.79. The lowest BCUT2D eigenvalue weighted by atomic mass is 9.80. The lowest BCUT2D eigenvalue weighted by molar-refractivity contribution is -0.149. The Morgan fingerprint density at radius 1 is 0.694 bits per heavy atom. The molecular formula is C51H67N7O11S3. The topological polar surface area (TPSA) is 244 Å². The number of aromatic nitrogens is 6. The molecule has 2 aliphatic rings. The van der Waals surface area contributed by atoms with E-state index < -0.39 is 30.5 Å². The van der Waals surface area contributed by atoms with Crippen molar-refractivity contribution in [3.8, 4) is 23.1 Å². The van der Waals surface area contributed by atoms with E-state index in [-0.39, 0.29) is 40.4 Å². The minimum atomic E-state index is -2.99. The van der Waals surface area contributed by atoms with Crippen LogP contribution in [0.2, 0.25) is 0 Å². The summed E-state index contributed by atoms with van der Waals surface area (Å²) in [5.74, 6) is 4.28. The fourth-order valence-electron chi connectivity index (χ4n) is 8.80. The number of carbonyl (C=O) groups is 2. The maximum absolute atomic E-state index is 11.8. The molecule has 72 heavy (non-hydrogen) atoms. The molecule has 8 rings (SSSR count). The Kier molecular flexibility index (Phi) is 20.3. The number of sulfone groups is 2. The van der Waals surface area contributed by atoms with Gasteiger partial charge in [0.1, 0.15) is 48.6 Å². The Morgan fingerprint density at radius 3 is 1.69 bits per heavy atom. The second-order valence-electron chi connectivity index (χ2n) is 18.2. The molecule has 0 bridgehead atoms. The van der Waals surface area contributed by atoms with Gasteiger partial charge in [-0.2, -0.15) is 0 Å². The third-order valence-electron chi connectivity index (χ3n) is 12.5. The maximum Gasteiger partial charge on any atom is 0.308 e. The Labute approximate surface area is 424 Å². The summed E-state index contributed by atoms with van der Waals surface area (Å²) >= 11 is 0. The molecule has 6 aromatic rings. The molecule has 2 saturated carbocycles. The SMILES string of the molecule is CCOC(=O)C1CCC(N)CC1.COC(=O)C1CCC(Cc2nccc(-n3ccc4c(OCCCS(C)(=O)=O)cccc43)n2)CC1.CS(=O)c1nccc(-n2ccc3c(OCCCS(C)(=O)=O)cccc32)n1. The average Bonchev–Trinajstić information content (AvgIpc) is 4.01. The number of hydrogen-bond donors (Lipinski definition) is 1. The molecule has 1 unspecified atom stereocenters. The molecule has 2 fully saturated rings. The molecule has 1 atom stereocenters. The van der Waals surface area contributed by atoms with Crippen molar-refractivity contribution in [1.82, 2.24) is 29.1 Å². The minimum absolute atomic E-state index is 0.0162. The Bertz CT molecular complexity index is 3000. The summed E-state index contributed by atoms with van der Waals surface area (Å²) in [6.45, 7) is 2.99. The van der Waals surface area contributed by atoms with E-state index in [4.69, 9.17) is 29.7 Å². The first-order valence-electron chi connectivity index (χ1n) is 24.2. The molecule has 2 aliphatic carbocycles. The molecule has 0 radical (unpaired) electrons. The standard InChI is InChI=1S/C25H31N3O5S.C17H19N3O4S2.C9H17NO2/c1-32-25(29)19-9-7-18(8-10-19)17-23-26-13-11-24(27-23)28-14-12-20-21(28)5-3-6-22(20)33-15-4-16-34(2,30)31;1-25(21)17-18-9-7-16(19-17)20-10-8-13-14(20)5-3-6-15(13)24-11-4-12-26(2,22)23;1-2-12-9(11)7-3-5-8(10)6-4-7/h3,5-6,11-14,18-19H,4,7-10,15-17H2,1-2H3;3,5-10H,4,11-12H2,1-2H3;7-8H,2-6,10H2,1H3. The van der Waals surface area contributed by atoms with Crippen molar-refractivity contribution in [3.63, 3.8) is 0 Å². The quantitative estimate of drug-likeness (QED) is 0.0529. The van der Waals surface area contributed by atoms with Crippen LogP contribution >= 0.6 is 0 Å². The highest BCUT2D eigenvalue weighted by molar-refractivity contribution is 7.90. The largest absolute Gasteiger partial charge is 0.493 e. The summed E-state index contributed by atoms with van der Waals surface area (Å²) in [6.07, 6.45) is 20.2. The molecule has 4 heterocycles. The van der Waals surface area contributed by atoms with E-state index in [1.54, 1.807) is 18.5 Å². The highest BCUT2D eigenvalue weighted by Gasteiger charge is 2.28. The molecule has 2 aromatic carbocycles. The van der Waals surface area contributed by atoms with E-state index >= 15 is 0 Å². The molecule has 390 valence electrons. The fourth-order valence-corrected chi connectivity index (χ4v) is 10.5. The number of hydrogen-bond acceptors (Lipinski definition) is 16. The van der Waals surface area contributed by atoms with Gasteiger partial charge in [-0.05, 0) is 126 Å². The Balaban J connectivity index is 0.000000196. The van der Waals surface area contributed by atoms with Gasteiger partial charge in [-0.15, -0.1) is 0 Å². The molecule has 0 saturated heterocycles. The van der Waals surface area contributed by atoms with Crippen LogP contribution in [0.3, 0.4) is 0 Å². The molecule has 4 aromatic heterocycles. The van der Waals surface area contributed by atoms with Crippen LogP contribution in [-0.2, 0) is 56.0 Å². The van der Waals surface area contributed by atoms with Crippen LogP contribution in [0.5, 0.6) is 11.5 Å². The van der Waals surface area contributed by atoms with Crippen molar-refractivity contribution in [2.45, 2.75) is 88.8 Å². The first-order chi connectivity index (χ1) is 34.4. The van der Waals surface area contributed by atoms with Gasteiger partial charge in [0.05, 0.1) is 72.1 Å². The van der Waals surface area contributed by atoms with Crippen LogP contribution < -0.4 is 15.2 Å². The number of carbonyl (C=O) groups excluding carboxylic acids is 2. The summed E-state index contributed by atoms with van der Waals surface area (Å²) < 4.78 is 82.0. The summed E-state index contributed by atoms with van der Waals surface area (Å²) in [5, 5.41) is 2.12. The van der Waals surface area contributed by atoms with Crippen molar-refractivity contribution < 1.29 is 49.6 Å². The second kappa shape index (κ2) is 26.3. The van der Waals surface area contributed by atoms with Crippen LogP contribution in [0, 0.1) is 17.8 Å². The molecule has 18 nitrogen and oxygen atoms in total. The van der Waals surface area contributed by atoms with Crippen molar-refractivity contribution in [2.24, 2.45) is 23.5 Å². The number of nitrogens with two attached hydrogens (primary N) is 1. The van der Waals surface area contributed by atoms with Gasteiger partial charge in [-0.25, -0.2) is 36.8 Å². The van der Waals surface area contributed by atoms with Gasteiger partial charge in [0.25, 0.3) is 0 Å². The first kappa shape index (κ1) is 55.5. The first-order valence-corrected chi connectivity index (χ1v) is 29.9. The lowest BCUT2D eigenvalue weighted by Gasteiger charge is -2.26. The number of nitrogens with zero attached hydrogens (tertiary/aromatic N) is 6. The van der Waals surface area contributed by atoms with Crippen LogP contribution in [-0.4, -0.2) is 125 Å². The van der Waals surface area contributed by atoms with Gasteiger partial charge in [0, 0.05) is 66.8 Å². The predicted molar refractivity (Wildman–Crippen MR) is 277 cm³/mol. The Hall–Kier alpha value is -5.77.